The summed E-state index contributed by atoms with van der Waals surface area (Å²) in [4.78, 5) is 17.1. The normalized spacial score (nSPS) is 11.9. The second-order valence-corrected chi connectivity index (χ2v) is 10.4. The molecule has 0 saturated carbocycles. The van der Waals surface area contributed by atoms with E-state index in [2.05, 4.69) is 10.3 Å². The Morgan fingerprint density at radius 3 is 2.33 bits per heavy atom. The van der Waals surface area contributed by atoms with Crippen molar-refractivity contribution in [1.29, 1.82) is 0 Å². The Labute approximate surface area is 189 Å². The van der Waals surface area contributed by atoms with Gasteiger partial charge >= 0.3 is 0 Å². The topological polar surface area (TPSA) is 79.4 Å². The van der Waals surface area contributed by atoms with Crippen molar-refractivity contribution in [3.05, 3.63) is 52.0 Å². The molecule has 6 nitrogen and oxygen atoms in total. The van der Waals surface area contributed by atoms with Gasteiger partial charge in [0, 0.05) is 23.7 Å². The Bertz CT molecular complexity index is 1160. The predicted octanol–water partition coefficient (Wildman–Crippen LogP) is 5.67. The number of anilines is 1. The summed E-state index contributed by atoms with van der Waals surface area (Å²) in [7, 11) is -3.59. The molecule has 3 rings (SSSR count). The molecule has 0 radical (unpaired) electrons. The van der Waals surface area contributed by atoms with Gasteiger partial charge < -0.3 is 0 Å². The summed E-state index contributed by atoms with van der Waals surface area (Å²) >= 11 is 13.4. The Balaban J connectivity index is 1.79. The highest BCUT2D eigenvalue weighted by Crippen LogP contribution is 2.33. The van der Waals surface area contributed by atoms with Crippen LogP contribution in [0.1, 0.15) is 37.0 Å². The third-order valence-corrected chi connectivity index (χ3v) is 7.67. The van der Waals surface area contributed by atoms with Gasteiger partial charge in [0.15, 0.2) is 5.13 Å². The van der Waals surface area contributed by atoms with Gasteiger partial charge in [0.05, 0.1) is 14.6 Å². The van der Waals surface area contributed by atoms with Crippen molar-refractivity contribution < 1.29 is 13.2 Å². The van der Waals surface area contributed by atoms with Crippen molar-refractivity contribution in [2.24, 2.45) is 0 Å². The van der Waals surface area contributed by atoms with E-state index in [0.29, 0.717) is 39.3 Å². The molecule has 3 aromatic rings. The first-order valence-corrected chi connectivity index (χ1v) is 12.4. The molecule has 2 aromatic carbocycles. The highest BCUT2D eigenvalue weighted by atomic mass is 35.5. The minimum Gasteiger partial charge on any atom is -0.298 e. The third kappa shape index (κ3) is 4.95. The van der Waals surface area contributed by atoms with Gasteiger partial charge in [0.2, 0.25) is 10.0 Å². The summed E-state index contributed by atoms with van der Waals surface area (Å²) in [5.41, 5.74) is 0.893. The maximum atomic E-state index is 12.8. The number of carbonyl (C=O) groups excluding carboxylic acids is 1. The summed E-state index contributed by atoms with van der Waals surface area (Å²) in [5, 5.41) is 4.01. The van der Waals surface area contributed by atoms with E-state index < -0.39 is 10.0 Å². The molecule has 0 fully saturated rings. The molecule has 1 amide bonds. The van der Waals surface area contributed by atoms with Crippen molar-refractivity contribution >= 4 is 65.8 Å². The zero-order valence-corrected chi connectivity index (χ0v) is 19.6. The standard InChI is InChI=1S/C20H21Cl2N3O3S2/c1-3-9-25(10-4-2)30(27,28)15-7-5-13(6-8-15)19(26)24-20-23-18-16(22)11-14(21)12-17(18)29-20/h5-8,11-12H,3-4,9-10H2,1-2H3,(H,23,24,26). The van der Waals surface area contributed by atoms with Gasteiger partial charge in [0.1, 0.15) is 5.52 Å². The minimum absolute atomic E-state index is 0.169. The molecule has 30 heavy (non-hydrogen) atoms. The lowest BCUT2D eigenvalue weighted by Crippen LogP contribution is -2.32. The number of benzene rings is 2. The van der Waals surface area contributed by atoms with Crippen molar-refractivity contribution in [1.82, 2.24) is 9.29 Å². The lowest BCUT2D eigenvalue weighted by molar-refractivity contribution is 0.102. The highest BCUT2D eigenvalue weighted by Gasteiger charge is 2.23. The van der Waals surface area contributed by atoms with Crippen LogP contribution in [0.15, 0.2) is 41.3 Å². The number of rotatable bonds is 8. The number of hydrogen-bond acceptors (Lipinski definition) is 5. The third-order valence-electron chi connectivity index (χ3n) is 4.33. The van der Waals surface area contributed by atoms with E-state index in [1.807, 2.05) is 13.8 Å². The van der Waals surface area contributed by atoms with Gasteiger partial charge in [-0.3, -0.25) is 10.1 Å². The van der Waals surface area contributed by atoms with Crippen LogP contribution >= 0.6 is 34.5 Å². The number of thiazole rings is 1. The van der Waals surface area contributed by atoms with Crippen LogP contribution in [-0.2, 0) is 10.0 Å². The number of aromatic nitrogens is 1. The van der Waals surface area contributed by atoms with Crippen LogP contribution in [0.3, 0.4) is 0 Å². The fraction of sp³-hybridized carbons (Fsp3) is 0.300. The number of nitrogens with zero attached hydrogens (tertiary/aromatic N) is 2. The van der Waals surface area contributed by atoms with Gasteiger partial charge in [-0.25, -0.2) is 13.4 Å². The molecule has 160 valence electrons. The molecule has 1 aromatic heterocycles. The van der Waals surface area contributed by atoms with Crippen LogP contribution in [0.4, 0.5) is 5.13 Å². The minimum atomic E-state index is -3.59. The number of hydrogen-bond donors (Lipinski definition) is 1. The maximum absolute atomic E-state index is 12.8. The number of halogens is 2. The molecule has 0 aliphatic heterocycles. The predicted molar refractivity (Wildman–Crippen MR) is 123 cm³/mol. The van der Waals surface area contributed by atoms with Gasteiger partial charge in [-0.15, -0.1) is 0 Å². The average molecular weight is 486 g/mol. The molecule has 0 aliphatic rings. The summed E-state index contributed by atoms with van der Waals surface area (Å²) in [5.74, 6) is -0.390. The number of sulfonamides is 1. The number of fused-ring (bicyclic) bond motifs is 1. The van der Waals surface area contributed by atoms with E-state index >= 15 is 0 Å². The van der Waals surface area contributed by atoms with E-state index in [1.54, 1.807) is 12.1 Å². The zero-order valence-electron chi connectivity index (χ0n) is 16.5. The van der Waals surface area contributed by atoms with E-state index in [9.17, 15) is 13.2 Å². The Kier molecular flexibility index (Phi) is 7.36. The molecule has 0 saturated heterocycles. The van der Waals surface area contributed by atoms with Crippen LogP contribution in [0.5, 0.6) is 0 Å². The van der Waals surface area contributed by atoms with Gasteiger partial charge in [-0.1, -0.05) is 48.4 Å². The number of nitrogens with one attached hydrogen (secondary N) is 1. The van der Waals surface area contributed by atoms with E-state index in [0.717, 1.165) is 17.5 Å². The van der Waals surface area contributed by atoms with Crippen molar-refractivity contribution in [2.75, 3.05) is 18.4 Å². The smallest absolute Gasteiger partial charge is 0.257 e. The first kappa shape index (κ1) is 23.0. The SMILES string of the molecule is CCCN(CCC)S(=O)(=O)c1ccc(C(=O)Nc2nc3c(Cl)cc(Cl)cc3s2)cc1. The van der Waals surface area contributed by atoms with E-state index in [4.69, 9.17) is 23.2 Å². The number of amides is 1. The first-order valence-electron chi connectivity index (χ1n) is 9.43. The van der Waals surface area contributed by atoms with Crippen LogP contribution in [0.25, 0.3) is 10.2 Å². The molecule has 0 atom stereocenters. The molecule has 1 N–H and O–H groups in total. The summed E-state index contributed by atoms with van der Waals surface area (Å²) < 4.78 is 27.9. The molecule has 0 bridgehead atoms. The van der Waals surface area contributed by atoms with Crippen LogP contribution in [-0.4, -0.2) is 36.7 Å². The second-order valence-electron chi connectivity index (χ2n) is 6.64. The first-order chi connectivity index (χ1) is 14.3. The van der Waals surface area contributed by atoms with Crippen LogP contribution < -0.4 is 5.32 Å². The lowest BCUT2D eigenvalue weighted by Gasteiger charge is -2.21. The van der Waals surface area contributed by atoms with Gasteiger partial charge in [-0.2, -0.15) is 4.31 Å². The Hall–Kier alpha value is -1.71. The molecular weight excluding hydrogens is 465 g/mol. The average Bonchev–Trinajstić information content (AvgIpc) is 3.10. The second kappa shape index (κ2) is 9.62. The summed E-state index contributed by atoms with van der Waals surface area (Å²) in [6, 6.07) is 9.23. The van der Waals surface area contributed by atoms with Crippen LogP contribution in [0.2, 0.25) is 10.0 Å². The van der Waals surface area contributed by atoms with E-state index in [-0.39, 0.29) is 10.8 Å². The van der Waals surface area contributed by atoms with Crippen molar-refractivity contribution in [2.45, 2.75) is 31.6 Å². The summed E-state index contributed by atoms with van der Waals surface area (Å²) in [6.07, 6.45) is 1.47. The molecule has 0 spiro atoms. The molecule has 0 unspecified atom stereocenters. The van der Waals surface area contributed by atoms with Crippen LogP contribution in [0, 0.1) is 0 Å². The summed E-state index contributed by atoms with van der Waals surface area (Å²) in [6.45, 7) is 4.80. The highest BCUT2D eigenvalue weighted by molar-refractivity contribution is 7.89. The quantitative estimate of drug-likeness (QED) is 0.445. The van der Waals surface area contributed by atoms with Crippen molar-refractivity contribution in [3.63, 3.8) is 0 Å². The zero-order chi connectivity index (χ0) is 21.9. The molecular formula is C20H21Cl2N3O3S2. The molecule has 1 heterocycles. The Morgan fingerprint density at radius 1 is 1.10 bits per heavy atom. The van der Waals surface area contributed by atoms with Gasteiger partial charge in [-0.05, 0) is 49.2 Å². The monoisotopic (exact) mass is 485 g/mol. The molecule has 10 heteroatoms. The van der Waals surface area contributed by atoms with Crippen molar-refractivity contribution in [3.8, 4) is 0 Å². The fourth-order valence-corrected chi connectivity index (χ4v) is 6.17. The fourth-order valence-electron chi connectivity index (χ4n) is 2.96. The lowest BCUT2D eigenvalue weighted by atomic mass is 10.2. The molecule has 0 aliphatic carbocycles. The Morgan fingerprint density at radius 2 is 1.73 bits per heavy atom. The van der Waals surface area contributed by atoms with E-state index in [1.165, 1.54) is 39.9 Å². The van der Waals surface area contributed by atoms with Gasteiger partial charge in [0.25, 0.3) is 5.91 Å². The number of carbonyl (C=O) groups is 1. The largest absolute Gasteiger partial charge is 0.298 e. The maximum Gasteiger partial charge on any atom is 0.257 e.